The van der Waals surface area contributed by atoms with Gasteiger partial charge in [-0.3, -0.25) is 4.90 Å². The number of fused-ring (bicyclic) bond motifs is 1. The van der Waals surface area contributed by atoms with Gasteiger partial charge in [-0.15, -0.1) is 0 Å². The predicted octanol–water partition coefficient (Wildman–Crippen LogP) is 4.39. The molecule has 0 radical (unpaired) electrons. The number of nitrogens with one attached hydrogen (secondary N) is 2. The molecule has 4 heterocycles. The van der Waals surface area contributed by atoms with Crippen LogP contribution in [0.3, 0.4) is 0 Å². The summed E-state index contributed by atoms with van der Waals surface area (Å²) in [6, 6.07) is 4.12. The minimum absolute atomic E-state index is 0.0289. The Labute approximate surface area is 193 Å². The van der Waals surface area contributed by atoms with Crippen LogP contribution in [0.25, 0.3) is 0 Å². The Balaban J connectivity index is 0.00000141. The number of hydrogen-bond acceptors (Lipinski definition) is 6. The van der Waals surface area contributed by atoms with Crippen LogP contribution in [0.4, 0.5) is 10.2 Å². The van der Waals surface area contributed by atoms with Gasteiger partial charge in [0.1, 0.15) is 23.9 Å². The second-order valence-electron chi connectivity index (χ2n) is 9.66. The highest BCUT2D eigenvalue weighted by atomic mass is 19.1. The summed E-state index contributed by atoms with van der Waals surface area (Å²) in [7, 11) is 3.95. The van der Waals surface area contributed by atoms with Crippen LogP contribution in [-0.2, 0) is 0 Å². The van der Waals surface area contributed by atoms with Crippen LogP contribution in [0.2, 0.25) is 0 Å². The maximum absolute atomic E-state index is 15.2. The van der Waals surface area contributed by atoms with E-state index < -0.39 is 0 Å². The Hall–Kier alpha value is -1.96. The van der Waals surface area contributed by atoms with Crippen LogP contribution in [0.1, 0.15) is 53.1 Å². The van der Waals surface area contributed by atoms with Gasteiger partial charge >= 0.3 is 0 Å². The summed E-state index contributed by atoms with van der Waals surface area (Å²) in [6.07, 6.45) is 5.43. The maximum Gasteiger partial charge on any atom is 0.145 e. The van der Waals surface area contributed by atoms with Crippen LogP contribution in [0.5, 0.6) is 0 Å². The van der Waals surface area contributed by atoms with Gasteiger partial charge in [-0.05, 0) is 29.6 Å². The van der Waals surface area contributed by atoms with Crippen LogP contribution in [0.15, 0.2) is 42.0 Å². The lowest BCUT2D eigenvalue weighted by Crippen LogP contribution is -2.62. The molecular formula is C25H41FN6. The maximum atomic E-state index is 15.2. The van der Waals surface area contributed by atoms with Crippen molar-refractivity contribution in [1.29, 1.82) is 0 Å². The highest BCUT2D eigenvalue weighted by Gasteiger charge is 2.41. The molecule has 0 spiro atoms. The van der Waals surface area contributed by atoms with E-state index >= 15 is 4.39 Å². The largest absolute Gasteiger partial charge is 0.355 e. The van der Waals surface area contributed by atoms with Gasteiger partial charge < -0.3 is 15.6 Å². The fourth-order valence-corrected chi connectivity index (χ4v) is 4.80. The lowest BCUT2D eigenvalue weighted by Gasteiger charge is -2.49. The van der Waals surface area contributed by atoms with Gasteiger partial charge in [0.15, 0.2) is 0 Å². The van der Waals surface area contributed by atoms with Crippen molar-refractivity contribution in [1.82, 2.24) is 25.1 Å². The molecule has 1 saturated heterocycles. The molecule has 178 valence electrons. The van der Waals surface area contributed by atoms with E-state index in [1.807, 2.05) is 51.2 Å². The monoisotopic (exact) mass is 444 g/mol. The zero-order valence-corrected chi connectivity index (χ0v) is 21.0. The van der Waals surface area contributed by atoms with E-state index in [-0.39, 0.29) is 23.4 Å². The van der Waals surface area contributed by atoms with E-state index in [4.69, 9.17) is 0 Å². The average Bonchev–Trinajstić information content (AvgIpc) is 3.11. The summed E-state index contributed by atoms with van der Waals surface area (Å²) in [4.78, 5) is 8.99. The van der Waals surface area contributed by atoms with Crippen molar-refractivity contribution in [3.8, 4) is 0 Å². The highest BCUT2D eigenvalue weighted by Crippen LogP contribution is 2.42. The molecule has 0 saturated carbocycles. The number of halogens is 1. The molecular weight excluding hydrogens is 403 g/mol. The van der Waals surface area contributed by atoms with Crippen LogP contribution < -0.4 is 10.7 Å². The van der Waals surface area contributed by atoms with Crippen molar-refractivity contribution < 1.29 is 4.39 Å². The summed E-state index contributed by atoms with van der Waals surface area (Å²) in [5.41, 5.74) is 5.13. The van der Waals surface area contributed by atoms with E-state index in [1.165, 1.54) is 0 Å². The summed E-state index contributed by atoms with van der Waals surface area (Å²) in [6.45, 7) is 16.1. The van der Waals surface area contributed by atoms with Gasteiger partial charge in [0, 0.05) is 51.5 Å². The quantitative estimate of drug-likeness (QED) is 0.718. The first-order valence-corrected chi connectivity index (χ1v) is 11.9. The van der Waals surface area contributed by atoms with E-state index in [1.54, 1.807) is 12.3 Å². The Morgan fingerprint density at radius 2 is 1.94 bits per heavy atom. The fourth-order valence-electron chi connectivity index (χ4n) is 4.80. The van der Waals surface area contributed by atoms with E-state index in [0.29, 0.717) is 17.7 Å². The number of hydrazine groups is 1. The summed E-state index contributed by atoms with van der Waals surface area (Å²) < 4.78 is 15.2. The Kier molecular flexibility index (Phi) is 7.63. The predicted molar refractivity (Wildman–Crippen MR) is 131 cm³/mol. The lowest BCUT2D eigenvalue weighted by molar-refractivity contribution is 0.0337. The van der Waals surface area contributed by atoms with Crippen molar-refractivity contribution in [3.05, 3.63) is 47.6 Å². The Bertz CT molecular complexity index is 849. The minimum Gasteiger partial charge on any atom is -0.355 e. The molecule has 2 N–H and O–H groups in total. The molecule has 0 aliphatic carbocycles. The summed E-state index contributed by atoms with van der Waals surface area (Å²) in [5, 5.41) is 5.67. The second-order valence-corrected chi connectivity index (χ2v) is 9.66. The molecule has 1 fully saturated rings. The second kappa shape index (κ2) is 9.89. The van der Waals surface area contributed by atoms with Gasteiger partial charge in [-0.2, -0.15) is 0 Å². The van der Waals surface area contributed by atoms with Gasteiger partial charge in [0.25, 0.3) is 0 Å². The zero-order chi connectivity index (χ0) is 23.6. The smallest absolute Gasteiger partial charge is 0.145 e. The van der Waals surface area contributed by atoms with Gasteiger partial charge in [0.05, 0.1) is 5.70 Å². The third-order valence-corrected chi connectivity index (χ3v) is 7.47. The molecule has 0 aromatic carbocycles. The first-order valence-electron chi connectivity index (χ1n) is 11.9. The van der Waals surface area contributed by atoms with Crippen molar-refractivity contribution in [2.24, 2.45) is 11.3 Å². The number of piperazine rings is 1. The van der Waals surface area contributed by atoms with E-state index in [0.717, 1.165) is 31.0 Å². The molecule has 1 aromatic rings. The Morgan fingerprint density at radius 1 is 1.22 bits per heavy atom. The number of aromatic nitrogens is 1. The first-order chi connectivity index (χ1) is 15.2. The molecule has 4 rings (SSSR count). The van der Waals surface area contributed by atoms with E-state index in [9.17, 15) is 0 Å². The standard InChI is InChI=1S/C23H35FN6.C2H6/c1-15(2)23(3,4)18-14-30(13-12-25-18)19-10-9-17(24)21(28(19)5)20-16-8-7-11-26-22(16)27-29(20)6;1-2/h7-11,15,18-20,25H,12-14H2,1-6H3,(H,26,27);1-2H3. The number of nitrogens with zero attached hydrogens (tertiary/aromatic N) is 4. The van der Waals surface area contributed by atoms with Crippen LogP contribution in [-0.4, -0.2) is 65.7 Å². The third kappa shape index (κ3) is 4.43. The zero-order valence-electron chi connectivity index (χ0n) is 21.0. The Morgan fingerprint density at radius 3 is 2.62 bits per heavy atom. The SMILES string of the molecule is CC.CC(C)C(C)(C)C1CN(C2C=CC(F)=C(C3c4cccnc4NN3C)N2C)CCN1. The molecule has 3 atom stereocenters. The first kappa shape index (κ1) is 24.7. The molecule has 0 amide bonds. The molecule has 3 aliphatic rings. The molecule has 0 bridgehead atoms. The van der Waals surface area contributed by atoms with Gasteiger partial charge in [-0.1, -0.05) is 47.6 Å². The molecule has 6 nitrogen and oxygen atoms in total. The number of pyridine rings is 1. The number of allylic oxidation sites excluding steroid dienone is 2. The normalized spacial score (nSPS) is 26.7. The minimum atomic E-state index is -0.211. The van der Waals surface area contributed by atoms with Crippen molar-refractivity contribution >= 4 is 5.82 Å². The van der Waals surface area contributed by atoms with Crippen LogP contribution in [0, 0.1) is 11.3 Å². The molecule has 1 aromatic heterocycles. The number of likely N-dealkylation sites (N-methyl/N-ethyl adjacent to an activating group) is 2. The summed E-state index contributed by atoms with van der Waals surface area (Å²) >= 11 is 0. The van der Waals surface area contributed by atoms with Crippen LogP contribution >= 0.6 is 0 Å². The topological polar surface area (TPSA) is 46.7 Å². The van der Waals surface area contributed by atoms with Crippen molar-refractivity contribution in [2.45, 2.75) is 59.8 Å². The molecule has 7 heteroatoms. The number of rotatable bonds is 4. The van der Waals surface area contributed by atoms with Crippen molar-refractivity contribution in [2.75, 3.05) is 39.2 Å². The fraction of sp³-hybridized carbons (Fsp3) is 0.640. The van der Waals surface area contributed by atoms with E-state index in [2.05, 4.69) is 53.2 Å². The van der Waals surface area contributed by atoms with Crippen molar-refractivity contribution in [3.63, 3.8) is 0 Å². The molecule has 3 unspecified atom stereocenters. The third-order valence-electron chi connectivity index (χ3n) is 7.47. The number of hydrogen-bond donors (Lipinski definition) is 2. The lowest BCUT2D eigenvalue weighted by atomic mass is 9.74. The van der Waals surface area contributed by atoms with Gasteiger partial charge in [0.2, 0.25) is 0 Å². The molecule has 32 heavy (non-hydrogen) atoms. The highest BCUT2D eigenvalue weighted by molar-refractivity contribution is 5.53. The molecule has 3 aliphatic heterocycles. The summed E-state index contributed by atoms with van der Waals surface area (Å²) in [5.74, 6) is 1.19. The number of anilines is 1. The van der Waals surface area contributed by atoms with Gasteiger partial charge in [-0.25, -0.2) is 14.4 Å². The average molecular weight is 445 g/mol.